The average Bonchev–Trinajstić information content (AvgIpc) is 4.08. The molecule has 3 unspecified atom stereocenters. The Balaban J connectivity index is 0.0000230. The van der Waals surface area contributed by atoms with E-state index in [4.69, 9.17) is 18.5 Å². The number of amides is 3. The van der Waals surface area contributed by atoms with Crippen molar-refractivity contribution >= 4 is 66.9 Å². The topological polar surface area (TPSA) is 419 Å². The standard InChI is InChI=1S/C49H91N3O24P4S.Na/c1-2-3-4-5-6-7-8-9-10-11-12-14-17-20-23-30-40(54)70-33-36(34-71-80(68,69)76-45-43(56)46(73-77(59,60)61)48(75-79(65,66)67)47(44(45)57)74-78(62,63)64)72-41(55)31-24-21-18-15-13-16-19-22-27-32-50-39(53)29-26-25-28-38-42-37(35-81-38)51-49(58)52-42;/h9-10,36-38,42-48,56-57H,2-8,11-35H2,1H3,(H,50,53)(H,68,69)(H2,51,52,58)(H2,59,60,61)(H2,62,63,64)(H2,65,66,67);/q;+1/b10-9-;/t36-,37+,38+,42+,43+,44+,45?,46-,47+,48?;/m1./s1. The second-order valence-electron chi connectivity index (χ2n) is 20.8. The van der Waals surface area contributed by atoms with Gasteiger partial charge in [-0.25, -0.2) is 23.1 Å². The van der Waals surface area contributed by atoms with Crippen LogP contribution in [0.1, 0.15) is 187 Å². The van der Waals surface area contributed by atoms with Crippen molar-refractivity contribution < 1.29 is 144 Å². The van der Waals surface area contributed by atoms with E-state index >= 15 is 0 Å². The van der Waals surface area contributed by atoms with E-state index in [1.807, 2.05) is 11.8 Å². The first kappa shape index (κ1) is 77.2. The van der Waals surface area contributed by atoms with Gasteiger partial charge in [-0.2, -0.15) is 11.8 Å². The van der Waals surface area contributed by atoms with Crippen molar-refractivity contribution in [3.05, 3.63) is 12.2 Å². The number of hydrogen-bond acceptors (Lipinski definition) is 18. The first-order valence-electron chi connectivity index (χ1n) is 28.5. The third-order valence-corrected chi connectivity index (χ3v) is 17.8. The molecule has 0 aromatic carbocycles. The largest absolute Gasteiger partial charge is 1.00 e. The van der Waals surface area contributed by atoms with Gasteiger partial charge in [0.15, 0.2) is 6.10 Å². The number of unbranched alkanes of at least 4 members (excludes halogenated alkanes) is 20. The molecule has 0 bridgehead atoms. The Bertz CT molecular complexity index is 2050. The number of nitrogens with one attached hydrogen (secondary N) is 3. The molecule has 2 heterocycles. The minimum atomic E-state index is -5.81. The van der Waals surface area contributed by atoms with Gasteiger partial charge < -0.3 is 69.9 Å². The number of phosphoric ester groups is 4. The van der Waals surface area contributed by atoms with Gasteiger partial charge in [-0.05, 0) is 57.8 Å². The molecule has 2 aliphatic heterocycles. The summed E-state index contributed by atoms with van der Waals surface area (Å²) < 4.78 is 82.5. The van der Waals surface area contributed by atoms with Gasteiger partial charge in [-0.1, -0.05) is 122 Å². The molecule has 27 nitrogen and oxygen atoms in total. The van der Waals surface area contributed by atoms with Gasteiger partial charge in [0.25, 0.3) is 0 Å². The van der Waals surface area contributed by atoms with Crippen LogP contribution in [0.5, 0.6) is 0 Å². The van der Waals surface area contributed by atoms with Crippen molar-refractivity contribution in [2.45, 2.75) is 247 Å². The van der Waals surface area contributed by atoms with E-state index in [0.717, 1.165) is 108 Å². The summed E-state index contributed by atoms with van der Waals surface area (Å²) in [6.45, 7) is 1.11. The zero-order valence-electron chi connectivity index (χ0n) is 47.4. The predicted octanol–water partition coefficient (Wildman–Crippen LogP) is 3.90. The Kier molecular flexibility index (Phi) is 39.0. The van der Waals surface area contributed by atoms with Crippen molar-refractivity contribution in [2.75, 3.05) is 25.5 Å². The second kappa shape index (κ2) is 41.4. The molecule has 12 N–H and O–H groups in total. The summed E-state index contributed by atoms with van der Waals surface area (Å²) in [5, 5.41) is 31.2. The Morgan fingerprint density at radius 3 is 1.61 bits per heavy atom. The first-order valence-corrected chi connectivity index (χ1v) is 35.6. The van der Waals surface area contributed by atoms with Gasteiger partial charge in [-0.3, -0.25) is 37.0 Å². The molecule has 0 radical (unpaired) electrons. The van der Waals surface area contributed by atoms with Gasteiger partial charge in [0.2, 0.25) is 5.91 Å². The van der Waals surface area contributed by atoms with Crippen LogP contribution in [0.15, 0.2) is 12.2 Å². The predicted molar refractivity (Wildman–Crippen MR) is 297 cm³/mol. The van der Waals surface area contributed by atoms with Gasteiger partial charge in [0.05, 0.1) is 18.7 Å². The van der Waals surface area contributed by atoms with Crippen molar-refractivity contribution in [2.24, 2.45) is 0 Å². The molecular formula is C49H91N3NaO24P4S+. The summed E-state index contributed by atoms with van der Waals surface area (Å²) in [5.74, 6) is -0.512. The summed E-state index contributed by atoms with van der Waals surface area (Å²) in [7, 11) is -23.1. The molecular weight excluding hydrogens is 1190 g/mol. The number of ether oxygens (including phenoxy) is 2. The zero-order valence-corrected chi connectivity index (χ0v) is 53.8. The Morgan fingerprint density at radius 2 is 1.07 bits per heavy atom. The maximum Gasteiger partial charge on any atom is 1.00 e. The quantitative estimate of drug-likeness (QED) is 0.0103. The second-order valence-corrected chi connectivity index (χ2v) is 27.0. The number of hydrogen-bond donors (Lipinski definition) is 12. The molecule has 3 aliphatic rings. The van der Waals surface area contributed by atoms with Crippen LogP contribution in [-0.2, 0) is 64.7 Å². The maximum atomic E-state index is 13.3. The molecule has 11 atom stereocenters. The number of thioether (sulfide) groups is 1. The number of allylic oxidation sites excluding steroid dienone is 2. The average molecular weight is 1290 g/mol. The van der Waals surface area contributed by atoms with E-state index in [1.54, 1.807) is 0 Å². The van der Waals surface area contributed by atoms with Crippen LogP contribution in [0.2, 0.25) is 0 Å². The van der Waals surface area contributed by atoms with E-state index in [0.29, 0.717) is 37.5 Å². The molecule has 0 aromatic rings. The number of aliphatic hydroxyl groups is 2. The Hall–Kier alpha value is -0.870. The van der Waals surface area contributed by atoms with Gasteiger partial charge >= 0.3 is 78.8 Å². The molecule has 1 aliphatic carbocycles. The fourth-order valence-electron chi connectivity index (χ4n) is 9.66. The van der Waals surface area contributed by atoms with E-state index < -0.39 is 99.2 Å². The Labute approximate surface area is 508 Å². The van der Waals surface area contributed by atoms with Crippen molar-refractivity contribution in [1.29, 1.82) is 0 Å². The fraction of sp³-hybridized carbons (Fsp3) is 0.878. The summed E-state index contributed by atoms with van der Waals surface area (Å²) in [5.41, 5.74) is 0. The first-order chi connectivity index (χ1) is 38.3. The van der Waals surface area contributed by atoms with Gasteiger partial charge in [0.1, 0.15) is 43.2 Å². The molecule has 3 rings (SSSR count). The number of aliphatic hydroxyl groups excluding tert-OH is 2. The molecule has 1 saturated carbocycles. The van der Waals surface area contributed by atoms with Crippen molar-refractivity contribution in [3.8, 4) is 0 Å². The van der Waals surface area contributed by atoms with Gasteiger partial charge in [0, 0.05) is 36.8 Å². The molecule has 0 aromatic heterocycles. The van der Waals surface area contributed by atoms with E-state index in [-0.39, 0.29) is 66.4 Å². The van der Waals surface area contributed by atoms with Gasteiger partial charge in [-0.15, -0.1) is 0 Å². The SMILES string of the molecule is CCCCCCCC/C=C\CCCCCCCC(=O)OC[C@H](COP(=O)(O)OC1[C@H](O)[C@H](OP(=O)(O)O)C(OP(=O)(O)O)[C@H](OP(=O)(O)O)[C@H]1O)OC(=O)CCCCCCCCCCCNC(=O)CCCC[C@@H]1SC[C@@H]2NC(=O)N[C@@H]21.[Na+]. The third kappa shape index (κ3) is 34.6. The van der Waals surface area contributed by atoms with Crippen molar-refractivity contribution in [3.63, 3.8) is 0 Å². The van der Waals surface area contributed by atoms with E-state index in [9.17, 15) is 81.9 Å². The number of carbonyl (C=O) groups is 4. The number of rotatable bonds is 46. The number of fused-ring (bicyclic) bond motifs is 1. The fourth-order valence-corrected chi connectivity index (χ4v) is 13.9. The minimum absolute atomic E-state index is 0. The van der Waals surface area contributed by atoms with Crippen LogP contribution in [0.25, 0.3) is 0 Å². The molecule has 33 heteroatoms. The summed E-state index contributed by atoms with van der Waals surface area (Å²) in [6.07, 6.45) is 10.6. The Morgan fingerprint density at radius 1 is 0.598 bits per heavy atom. The van der Waals surface area contributed by atoms with Crippen LogP contribution in [0.3, 0.4) is 0 Å². The van der Waals surface area contributed by atoms with Crippen LogP contribution >= 0.6 is 43.1 Å². The molecule has 0 spiro atoms. The number of urea groups is 1. The molecule has 3 amide bonds. The summed E-state index contributed by atoms with van der Waals surface area (Å²) in [4.78, 5) is 117. The minimum Gasteiger partial charge on any atom is -0.462 e. The molecule has 82 heavy (non-hydrogen) atoms. The van der Waals surface area contributed by atoms with E-state index in [2.05, 4.69) is 48.6 Å². The monoisotopic (exact) mass is 1280 g/mol. The normalized spacial score (nSPS) is 24.0. The van der Waals surface area contributed by atoms with E-state index in [1.165, 1.54) is 38.5 Å². The molecule has 472 valence electrons. The number of esters is 2. The zero-order chi connectivity index (χ0) is 59.9. The van der Waals surface area contributed by atoms with Crippen LogP contribution in [0, 0.1) is 0 Å². The molecule has 3 fully saturated rings. The third-order valence-electron chi connectivity index (χ3n) is 13.8. The summed E-state index contributed by atoms with van der Waals surface area (Å²) >= 11 is 1.86. The van der Waals surface area contributed by atoms with Crippen molar-refractivity contribution in [1.82, 2.24) is 16.0 Å². The van der Waals surface area contributed by atoms with Crippen LogP contribution < -0.4 is 45.5 Å². The maximum absolute atomic E-state index is 13.3. The smallest absolute Gasteiger partial charge is 0.462 e. The number of carbonyl (C=O) groups excluding carboxylic acids is 4. The molecule has 2 saturated heterocycles. The van der Waals surface area contributed by atoms with Crippen LogP contribution in [0.4, 0.5) is 4.79 Å². The number of phosphoric acid groups is 4. The van der Waals surface area contributed by atoms with Crippen LogP contribution in [-0.4, -0.2) is 154 Å². The summed E-state index contributed by atoms with van der Waals surface area (Å²) in [6, 6.07) is 0.253.